The van der Waals surface area contributed by atoms with Gasteiger partial charge in [-0.25, -0.2) is 0 Å². The molecule has 4 heteroatoms. The zero-order chi connectivity index (χ0) is 14.1. The number of hydrogen-bond acceptors (Lipinski definition) is 3. The SMILES string of the molecule is CCCc1c(-c2ccnc3ccccc23)nn(C)c1N. The number of benzene rings is 1. The molecule has 0 atom stereocenters. The van der Waals surface area contributed by atoms with Gasteiger partial charge >= 0.3 is 0 Å². The van der Waals surface area contributed by atoms with Crippen molar-refractivity contribution >= 4 is 16.7 Å². The summed E-state index contributed by atoms with van der Waals surface area (Å²) in [5, 5.41) is 5.73. The molecule has 0 bridgehead atoms. The maximum absolute atomic E-state index is 6.16. The molecule has 1 aromatic carbocycles. The van der Waals surface area contributed by atoms with E-state index in [2.05, 4.69) is 23.1 Å². The molecule has 0 fully saturated rings. The van der Waals surface area contributed by atoms with Gasteiger partial charge in [0.1, 0.15) is 5.82 Å². The van der Waals surface area contributed by atoms with E-state index < -0.39 is 0 Å². The molecule has 0 saturated carbocycles. The first kappa shape index (κ1) is 12.7. The minimum Gasteiger partial charge on any atom is -0.384 e. The summed E-state index contributed by atoms with van der Waals surface area (Å²) in [5.74, 6) is 0.753. The van der Waals surface area contributed by atoms with E-state index in [0.717, 1.165) is 46.4 Å². The van der Waals surface area contributed by atoms with Gasteiger partial charge in [-0.05, 0) is 18.6 Å². The van der Waals surface area contributed by atoms with Crippen LogP contribution in [-0.4, -0.2) is 14.8 Å². The second-order valence-corrected chi connectivity index (χ2v) is 4.96. The van der Waals surface area contributed by atoms with Crippen LogP contribution < -0.4 is 5.73 Å². The fraction of sp³-hybridized carbons (Fsp3) is 0.250. The van der Waals surface area contributed by atoms with Crippen LogP contribution in [-0.2, 0) is 13.5 Å². The van der Waals surface area contributed by atoms with Crippen molar-refractivity contribution in [1.82, 2.24) is 14.8 Å². The molecule has 20 heavy (non-hydrogen) atoms. The van der Waals surface area contributed by atoms with Gasteiger partial charge in [0, 0.05) is 29.8 Å². The Labute approximate surface area is 118 Å². The lowest BCUT2D eigenvalue weighted by Crippen LogP contribution is -1.99. The average molecular weight is 266 g/mol. The number of hydrogen-bond donors (Lipinski definition) is 1. The number of nitrogen functional groups attached to an aromatic ring is 1. The van der Waals surface area contributed by atoms with Crippen molar-refractivity contribution in [2.75, 3.05) is 5.73 Å². The quantitative estimate of drug-likeness (QED) is 0.792. The van der Waals surface area contributed by atoms with Gasteiger partial charge in [0.25, 0.3) is 0 Å². The summed E-state index contributed by atoms with van der Waals surface area (Å²) in [5.41, 5.74) is 10.4. The fourth-order valence-electron chi connectivity index (χ4n) is 2.60. The van der Waals surface area contributed by atoms with Crippen LogP contribution in [0.4, 0.5) is 5.82 Å². The molecule has 3 rings (SSSR count). The van der Waals surface area contributed by atoms with E-state index in [-0.39, 0.29) is 0 Å². The van der Waals surface area contributed by atoms with E-state index in [4.69, 9.17) is 5.73 Å². The van der Waals surface area contributed by atoms with Gasteiger partial charge in [0.2, 0.25) is 0 Å². The van der Waals surface area contributed by atoms with E-state index in [1.807, 2.05) is 37.5 Å². The smallest absolute Gasteiger partial charge is 0.125 e. The Bertz CT molecular complexity index is 753. The van der Waals surface area contributed by atoms with Gasteiger partial charge < -0.3 is 5.73 Å². The van der Waals surface area contributed by atoms with Crippen LogP contribution in [0.3, 0.4) is 0 Å². The second-order valence-electron chi connectivity index (χ2n) is 4.96. The third kappa shape index (κ3) is 1.93. The third-order valence-corrected chi connectivity index (χ3v) is 3.60. The van der Waals surface area contributed by atoms with E-state index in [1.165, 1.54) is 0 Å². The minimum absolute atomic E-state index is 0.753. The molecule has 0 aliphatic rings. The molecule has 0 amide bonds. The Kier molecular flexibility index (Phi) is 3.14. The number of pyridine rings is 1. The summed E-state index contributed by atoms with van der Waals surface area (Å²) < 4.78 is 1.76. The highest BCUT2D eigenvalue weighted by Gasteiger charge is 2.16. The Morgan fingerprint density at radius 2 is 2.00 bits per heavy atom. The van der Waals surface area contributed by atoms with Crippen molar-refractivity contribution in [3.05, 3.63) is 42.1 Å². The van der Waals surface area contributed by atoms with Gasteiger partial charge in [-0.2, -0.15) is 5.10 Å². The Hall–Kier alpha value is -2.36. The third-order valence-electron chi connectivity index (χ3n) is 3.60. The molecule has 4 nitrogen and oxygen atoms in total. The number of fused-ring (bicyclic) bond motifs is 1. The first-order valence-electron chi connectivity index (χ1n) is 6.87. The first-order chi connectivity index (χ1) is 9.72. The van der Waals surface area contributed by atoms with Crippen molar-refractivity contribution < 1.29 is 0 Å². The molecule has 0 aliphatic heterocycles. The Balaban J connectivity index is 2.28. The monoisotopic (exact) mass is 266 g/mol. The number of aromatic nitrogens is 3. The van der Waals surface area contributed by atoms with Crippen LogP contribution in [0.15, 0.2) is 36.5 Å². The normalized spacial score (nSPS) is 11.1. The van der Waals surface area contributed by atoms with Crippen LogP contribution in [0.25, 0.3) is 22.2 Å². The number of rotatable bonds is 3. The van der Waals surface area contributed by atoms with Gasteiger partial charge in [-0.1, -0.05) is 31.5 Å². The number of anilines is 1. The van der Waals surface area contributed by atoms with E-state index in [9.17, 15) is 0 Å². The summed E-state index contributed by atoms with van der Waals surface area (Å²) in [7, 11) is 1.89. The summed E-state index contributed by atoms with van der Waals surface area (Å²) in [6.45, 7) is 2.15. The highest BCUT2D eigenvalue weighted by Crippen LogP contribution is 2.32. The molecule has 3 aromatic rings. The molecular formula is C16H18N4. The van der Waals surface area contributed by atoms with Crippen molar-refractivity contribution in [3.8, 4) is 11.3 Å². The molecule has 2 aromatic heterocycles. The first-order valence-corrected chi connectivity index (χ1v) is 6.87. The van der Waals surface area contributed by atoms with Crippen LogP contribution in [0.2, 0.25) is 0 Å². The van der Waals surface area contributed by atoms with Crippen LogP contribution in [0.5, 0.6) is 0 Å². The summed E-state index contributed by atoms with van der Waals surface area (Å²) >= 11 is 0. The highest BCUT2D eigenvalue weighted by atomic mass is 15.3. The lowest BCUT2D eigenvalue weighted by molar-refractivity contribution is 0.781. The van der Waals surface area contributed by atoms with Crippen molar-refractivity contribution in [3.63, 3.8) is 0 Å². The molecule has 0 saturated heterocycles. The lowest BCUT2D eigenvalue weighted by atomic mass is 10.0. The van der Waals surface area contributed by atoms with Crippen molar-refractivity contribution in [2.24, 2.45) is 7.05 Å². The number of para-hydroxylation sites is 1. The standard InChI is InChI=1S/C16H18N4/c1-3-6-13-15(19-20(2)16(13)17)12-9-10-18-14-8-5-4-7-11(12)14/h4-5,7-10H,3,6,17H2,1-2H3. The molecular weight excluding hydrogens is 248 g/mol. The van der Waals surface area contributed by atoms with Gasteiger partial charge in [0.05, 0.1) is 11.2 Å². The fourth-order valence-corrected chi connectivity index (χ4v) is 2.60. The second kappa shape index (κ2) is 4.96. The van der Waals surface area contributed by atoms with Crippen LogP contribution in [0, 0.1) is 0 Å². The minimum atomic E-state index is 0.753. The maximum atomic E-state index is 6.16. The number of nitrogens with two attached hydrogens (primary N) is 1. The van der Waals surface area contributed by atoms with Crippen LogP contribution in [0.1, 0.15) is 18.9 Å². The largest absolute Gasteiger partial charge is 0.384 e. The van der Waals surface area contributed by atoms with Crippen LogP contribution >= 0.6 is 0 Å². The molecule has 2 N–H and O–H groups in total. The summed E-state index contributed by atoms with van der Waals surface area (Å²) in [6.07, 6.45) is 3.82. The zero-order valence-corrected chi connectivity index (χ0v) is 11.8. The van der Waals surface area contributed by atoms with E-state index >= 15 is 0 Å². The van der Waals surface area contributed by atoms with Gasteiger partial charge in [-0.15, -0.1) is 0 Å². The predicted molar refractivity (Wildman–Crippen MR) is 82.4 cm³/mol. The maximum Gasteiger partial charge on any atom is 0.125 e. The van der Waals surface area contributed by atoms with E-state index in [1.54, 1.807) is 4.68 Å². The van der Waals surface area contributed by atoms with Crippen molar-refractivity contribution in [1.29, 1.82) is 0 Å². The van der Waals surface area contributed by atoms with Crippen molar-refractivity contribution in [2.45, 2.75) is 19.8 Å². The topological polar surface area (TPSA) is 56.7 Å². The predicted octanol–water partition coefficient (Wildman–Crippen LogP) is 3.17. The lowest BCUT2D eigenvalue weighted by Gasteiger charge is -2.06. The number of nitrogens with zero attached hydrogens (tertiary/aromatic N) is 3. The molecule has 0 aliphatic carbocycles. The zero-order valence-electron chi connectivity index (χ0n) is 11.8. The van der Waals surface area contributed by atoms with E-state index in [0.29, 0.717) is 0 Å². The summed E-state index contributed by atoms with van der Waals surface area (Å²) in [6, 6.07) is 10.1. The molecule has 2 heterocycles. The molecule has 102 valence electrons. The molecule has 0 radical (unpaired) electrons. The summed E-state index contributed by atoms with van der Waals surface area (Å²) in [4.78, 5) is 4.41. The molecule has 0 spiro atoms. The highest BCUT2D eigenvalue weighted by molar-refractivity contribution is 5.94. The molecule has 0 unspecified atom stereocenters. The van der Waals surface area contributed by atoms with Gasteiger partial charge in [-0.3, -0.25) is 9.67 Å². The number of aryl methyl sites for hydroxylation is 1. The van der Waals surface area contributed by atoms with Gasteiger partial charge in [0.15, 0.2) is 0 Å². The Morgan fingerprint density at radius 3 is 2.80 bits per heavy atom. The average Bonchev–Trinajstić information content (AvgIpc) is 2.75. The Morgan fingerprint density at radius 1 is 1.20 bits per heavy atom.